The second-order valence-electron chi connectivity index (χ2n) is 6.64. The largest absolute Gasteiger partial charge is 0.480 e. The summed E-state index contributed by atoms with van der Waals surface area (Å²) in [6.45, 7) is -0.593. The zero-order valence-electron chi connectivity index (χ0n) is 19.0. The Balaban J connectivity index is 1.99. The summed E-state index contributed by atoms with van der Waals surface area (Å²) in [7, 11) is -7.15. The van der Waals surface area contributed by atoms with E-state index in [0.717, 1.165) is 17.0 Å². The molecule has 0 aliphatic rings. The third-order valence-corrected chi connectivity index (χ3v) is 5.54. The van der Waals surface area contributed by atoms with Crippen molar-refractivity contribution < 1.29 is 30.4 Å². The van der Waals surface area contributed by atoms with Crippen LogP contribution in [0.3, 0.4) is 0 Å². The van der Waals surface area contributed by atoms with Gasteiger partial charge in [0.2, 0.25) is 15.9 Å². The van der Waals surface area contributed by atoms with Crippen molar-refractivity contribution in [3.05, 3.63) is 66.1 Å². The molecule has 0 spiro atoms. The van der Waals surface area contributed by atoms with Crippen molar-refractivity contribution in [2.75, 3.05) is 7.04 Å². The van der Waals surface area contributed by atoms with Crippen molar-refractivity contribution >= 4 is 21.1 Å². The number of methoxy groups -OCH3 is 1. The van der Waals surface area contributed by atoms with Gasteiger partial charge in [-0.3, -0.25) is 4.98 Å². The Labute approximate surface area is 184 Å². The van der Waals surface area contributed by atoms with Crippen LogP contribution in [0, 0.1) is 5.82 Å². The van der Waals surface area contributed by atoms with E-state index in [4.69, 9.17) is 14.0 Å². The molecule has 0 amide bonds. The lowest BCUT2D eigenvalue weighted by atomic mass is 10.1. The number of sulfonamides is 1. The summed E-state index contributed by atoms with van der Waals surface area (Å²) in [5, 5.41) is 4.99. The highest BCUT2D eigenvalue weighted by atomic mass is 32.2. The fourth-order valence-electron chi connectivity index (χ4n) is 3.27. The zero-order chi connectivity index (χ0) is 25.5. The van der Waals surface area contributed by atoms with Gasteiger partial charge in [0.1, 0.15) is 16.2 Å². The van der Waals surface area contributed by atoms with E-state index in [1.807, 2.05) is 0 Å². The molecule has 12 heteroatoms. The van der Waals surface area contributed by atoms with Crippen molar-refractivity contribution in [2.24, 2.45) is 5.14 Å². The molecule has 0 radical (unpaired) electrons. The lowest BCUT2D eigenvalue weighted by Crippen LogP contribution is -2.15. The molecule has 166 valence electrons. The fraction of sp³-hybridized carbons (Fsp3) is 0.150. The number of imidazole rings is 1. The molecule has 0 aliphatic heterocycles. The van der Waals surface area contributed by atoms with E-state index < -0.39 is 46.6 Å². The van der Waals surface area contributed by atoms with E-state index in [2.05, 4.69) is 15.0 Å². The summed E-state index contributed by atoms with van der Waals surface area (Å²) in [5.41, 5.74) is 0.00815. The first-order valence-electron chi connectivity index (χ1n) is 10.4. The summed E-state index contributed by atoms with van der Waals surface area (Å²) >= 11 is 0. The Hall–Kier alpha value is -3.51. The van der Waals surface area contributed by atoms with Crippen LogP contribution in [0.15, 0.2) is 53.7 Å². The van der Waals surface area contributed by atoms with Crippen molar-refractivity contribution in [1.29, 1.82) is 0 Å². The molecule has 3 heterocycles. The first kappa shape index (κ1) is 18.1. The Kier molecular flexibility index (Phi) is 4.64. The minimum atomic E-state index is -4.25. The molecule has 2 N–H and O–H groups in total. The van der Waals surface area contributed by atoms with Gasteiger partial charge >= 0.3 is 0 Å². The molecular weight excluding hydrogens is 447 g/mol. The Morgan fingerprint density at radius 2 is 1.97 bits per heavy atom. The van der Waals surface area contributed by atoms with E-state index in [-0.39, 0.29) is 28.2 Å². The molecule has 0 fully saturated rings. The monoisotopic (exact) mass is 466 g/mol. The molecule has 4 rings (SSSR count). The van der Waals surface area contributed by atoms with Gasteiger partial charge in [0.05, 0.1) is 40.7 Å². The van der Waals surface area contributed by atoms with Crippen LogP contribution in [-0.2, 0) is 16.6 Å². The topological polar surface area (TPSA) is 113 Å². The van der Waals surface area contributed by atoms with Crippen molar-refractivity contribution in [3.8, 4) is 17.0 Å². The van der Waals surface area contributed by atoms with Gasteiger partial charge in [-0.2, -0.15) is 0 Å². The Morgan fingerprint density at radius 1 is 1.22 bits per heavy atom. The number of ether oxygens (including phenoxy) is 1. The molecule has 1 aromatic carbocycles. The third kappa shape index (κ3) is 3.89. The van der Waals surface area contributed by atoms with E-state index in [9.17, 15) is 21.6 Å². The zero-order valence-corrected chi connectivity index (χ0v) is 16.9. The first-order valence-corrected chi connectivity index (χ1v) is 10.5. The number of nitrogens with two attached hydrogens (primary N) is 1. The number of rotatable bonds is 6. The minimum Gasteiger partial charge on any atom is -0.480 e. The predicted octanol–water partition coefficient (Wildman–Crippen LogP) is 3.27. The average Bonchev–Trinajstić information content (AvgIpc) is 3.12. The van der Waals surface area contributed by atoms with Gasteiger partial charge < -0.3 is 9.30 Å². The maximum absolute atomic E-state index is 14.7. The van der Waals surface area contributed by atoms with Crippen molar-refractivity contribution in [2.45, 2.75) is 17.9 Å². The second-order valence-corrected chi connectivity index (χ2v) is 8.20. The fourth-order valence-corrected chi connectivity index (χ4v) is 3.73. The van der Waals surface area contributed by atoms with Crippen LogP contribution in [0.4, 0.5) is 13.2 Å². The number of benzene rings is 1. The third-order valence-electron chi connectivity index (χ3n) is 4.66. The number of pyridine rings is 2. The van der Waals surface area contributed by atoms with Gasteiger partial charge in [-0.15, -0.1) is 0 Å². The first-order chi connectivity index (χ1) is 16.3. The smallest absolute Gasteiger partial charge is 0.295 e. The predicted molar refractivity (Wildman–Crippen MR) is 109 cm³/mol. The van der Waals surface area contributed by atoms with Gasteiger partial charge in [-0.25, -0.2) is 36.7 Å². The van der Waals surface area contributed by atoms with Gasteiger partial charge in [0, 0.05) is 6.20 Å². The summed E-state index contributed by atoms with van der Waals surface area (Å²) < 4.78 is 93.9. The molecular formula is C20H16F3N5O3S. The summed E-state index contributed by atoms with van der Waals surface area (Å²) in [6, 6.07) is 8.76. The van der Waals surface area contributed by atoms with E-state index in [0.29, 0.717) is 11.6 Å². The SMILES string of the molecule is [2H]C([2H])([2H])Oc1ncc2nc(C(F)F)n(Cc3ncc(S(N)(=O)=O)cc3F)c2c1-c1ccccc1. The van der Waals surface area contributed by atoms with E-state index >= 15 is 0 Å². The highest BCUT2D eigenvalue weighted by Gasteiger charge is 2.25. The molecule has 0 atom stereocenters. The van der Waals surface area contributed by atoms with Crippen LogP contribution in [0.25, 0.3) is 22.2 Å². The van der Waals surface area contributed by atoms with Crippen LogP contribution in [-0.4, -0.2) is 35.0 Å². The molecule has 0 saturated carbocycles. The van der Waals surface area contributed by atoms with E-state index in [1.54, 1.807) is 30.3 Å². The van der Waals surface area contributed by atoms with E-state index in [1.165, 1.54) is 0 Å². The Bertz CT molecular complexity index is 1510. The average molecular weight is 466 g/mol. The molecule has 32 heavy (non-hydrogen) atoms. The number of primary sulfonamides is 1. The number of alkyl halides is 2. The molecule has 4 aromatic rings. The summed E-state index contributed by atoms with van der Waals surface area (Å²) in [4.78, 5) is 11.0. The Morgan fingerprint density at radius 3 is 2.59 bits per heavy atom. The molecule has 8 nitrogen and oxygen atoms in total. The van der Waals surface area contributed by atoms with Gasteiger partial charge in [0.25, 0.3) is 6.43 Å². The number of hydrogen-bond acceptors (Lipinski definition) is 6. The second kappa shape index (κ2) is 8.20. The lowest BCUT2D eigenvalue weighted by Gasteiger charge is -2.14. The van der Waals surface area contributed by atoms with Crippen LogP contribution in [0.1, 0.15) is 22.1 Å². The molecule has 0 unspecified atom stereocenters. The quantitative estimate of drug-likeness (QED) is 0.467. The molecule has 0 saturated heterocycles. The van der Waals surface area contributed by atoms with Gasteiger partial charge in [0.15, 0.2) is 5.82 Å². The van der Waals surface area contributed by atoms with Gasteiger partial charge in [-0.05, 0) is 11.6 Å². The standard InChI is InChI=1S/C20H16F3N5O3S/c1-31-20-16(11-5-3-2-4-6-11)17-14(9-26-20)27-19(18(22)23)28(17)10-15-13(21)7-12(8-25-15)32(24,29)30/h2-9,18H,10H2,1H3,(H2,24,29,30)/i1D3. The number of halogens is 3. The van der Waals surface area contributed by atoms with Crippen molar-refractivity contribution in [3.63, 3.8) is 0 Å². The number of fused-ring (bicyclic) bond motifs is 1. The van der Waals surface area contributed by atoms with Crippen LogP contribution >= 0.6 is 0 Å². The number of hydrogen-bond donors (Lipinski definition) is 1. The van der Waals surface area contributed by atoms with Crippen LogP contribution in [0.2, 0.25) is 0 Å². The maximum Gasteiger partial charge on any atom is 0.295 e. The van der Waals surface area contributed by atoms with Crippen LogP contribution < -0.4 is 9.88 Å². The highest BCUT2D eigenvalue weighted by Crippen LogP contribution is 2.37. The van der Waals surface area contributed by atoms with Gasteiger partial charge in [-0.1, -0.05) is 30.3 Å². The highest BCUT2D eigenvalue weighted by molar-refractivity contribution is 7.89. The normalized spacial score (nSPS) is 13.7. The molecule has 3 aromatic heterocycles. The number of nitrogens with zero attached hydrogens (tertiary/aromatic N) is 4. The van der Waals surface area contributed by atoms with Crippen molar-refractivity contribution in [1.82, 2.24) is 19.5 Å². The van der Waals surface area contributed by atoms with Crippen LogP contribution in [0.5, 0.6) is 5.88 Å². The summed E-state index contributed by atoms with van der Waals surface area (Å²) in [5.74, 6) is -2.24. The molecule has 0 bridgehead atoms. The molecule has 0 aliphatic carbocycles. The maximum atomic E-state index is 14.7. The minimum absolute atomic E-state index is 0.00234. The number of aromatic nitrogens is 4. The lowest BCUT2D eigenvalue weighted by molar-refractivity contribution is 0.136. The summed E-state index contributed by atoms with van der Waals surface area (Å²) in [6.07, 6.45) is -1.23.